The second-order valence-electron chi connectivity index (χ2n) is 6.03. The number of rotatable bonds is 6. The number of urea groups is 1. The predicted molar refractivity (Wildman–Crippen MR) is 109 cm³/mol. The van der Waals surface area contributed by atoms with Gasteiger partial charge in [-0.2, -0.15) is 0 Å². The van der Waals surface area contributed by atoms with Crippen molar-refractivity contribution in [2.24, 2.45) is 0 Å². The Morgan fingerprint density at radius 2 is 1.83 bits per heavy atom. The maximum atomic E-state index is 12.9. The first-order chi connectivity index (χ1) is 14.3. The van der Waals surface area contributed by atoms with Crippen molar-refractivity contribution in [3.8, 4) is 11.5 Å². The highest BCUT2D eigenvalue weighted by Crippen LogP contribution is 2.30. The van der Waals surface area contributed by atoms with E-state index in [2.05, 4.69) is 21.2 Å². The minimum atomic E-state index is -1.15. The zero-order chi connectivity index (χ0) is 21.8. The Bertz CT molecular complexity index is 1060. The molecule has 2 N–H and O–H groups in total. The van der Waals surface area contributed by atoms with Gasteiger partial charge in [0.15, 0.2) is 18.1 Å². The summed E-state index contributed by atoms with van der Waals surface area (Å²) < 4.78 is 11.1. The maximum absolute atomic E-state index is 12.9. The Kier molecular flexibility index (Phi) is 6.17. The lowest BCUT2D eigenvalue weighted by atomic mass is 10.1. The van der Waals surface area contributed by atoms with Crippen LogP contribution >= 0.6 is 15.9 Å². The van der Waals surface area contributed by atoms with Gasteiger partial charge in [-0.1, -0.05) is 22.0 Å². The minimum Gasteiger partial charge on any atom is -0.493 e. The van der Waals surface area contributed by atoms with Gasteiger partial charge in [0.2, 0.25) is 0 Å². The van der Waals surface area contributed by atoms with E-state index in [0.29, 0.717) is 11.3 Å². The van der Waals surface area contributed by atoms with Gasteiger partial charge in [0.1, 0.15) is 5.57 Å². The largest absolute Gasteiger partial charge is 0.493 e. The summed E-state index contributed by atoms with van der Waals surface area (Å²) in [7, 11) is 1.37. The molecule has 3 rings (SSSR count). The van der Waals surface area contributed by atoms with E-state index in [-0.39, 0.29) is 17.1 Å². The van der Waals surface area contributed by atoms with Crippen molar-refractivity contribution in [2.45, 2.75) is 0 Å². The van der Waals surface area contributed by atoms with Crippen molar-refractivity contribution in [1.29, 1.82) is 0 Å². The Morgan fingerprint density at radius 3 is 2.47 bits per heavy atom. The van der Waals surface area contributed by atoms with Gasteiger partial charge in [-0.05, 0) is 48.0 Å². The van der Waals surface area contributed by atoms with Crippen LogP contribution in [0.5, 0.6) is 11.5 Å². The van der Waals surface area contributed by atoms with Gasteiger partial charge < -0.3 is 14.6 Å². The van der Waals surface area contributed by atoms with E-state index in [9.17, 15) is 19.2 Å². The number of hydrogen-bond acceptors (Lipinski definition) is 6. The summed E-state index contributed by atoms with van der Waals surface area (Å²) >= 11 is 3.28. The third-order valence-corrected chi connectivity index (χ3v) is 4.57. The van der Waals surface area contributed by atoms with Crippen molar-refractivity contribution < 1.29 is 33.8 Å². The van der Waals surface area contributed by atoms with Crippen LogP contribution in [0.1, 0.15) is 5.56 Å². The second kappa shape index (κ2) is 8.78. The number of carbonyl (C=O) groups excluding carboxylic acids is 3. The number of barbiturate groups is 1. The van der Waals surface area contributed by atoms with Crippen molar-refractivity contribution in [3.63, 3.8) is 0 Å². The minimum absolute atomic E-state index is 0.188. The molecule has 30 heavy (non-hydrogen) atoms. The van der Waals surface area contributed by atoms with Crippen molar-refractivity contribution in [3.05, 3.63) is 58.1 Å². The van der Waals surface area contributed by atoms with E-state index in [1.54, 1.807) is 24.3 Å². The maximum Gasteiger partial charge on any atom is 0.341 e. The first-order valence-corrected chi connectivity index (χ1v) is 9.29. The van der Waals surface area contributed by atoms with Crippen molar-refractivity contribution in [1.82, 2.24) is 5.32 Å². The summed E-state index contributed by atoms with van der Waals surface area (Å²) in [5, 5.41) is 10.9. The van der Waals surface area contributed by atoms with E-state index in [0.717, 1.165) is 9.37 Å². The molecule has 0 radical (unpaired) electrons. The molecule has 2 aromatic carbocycles. The lowest BCUT2D eigenvalue weighted by molar-refractivity contribution is -0.139. The fraction of sp³-hybridized carbons (Fsp3) is 0.100. The van der Waals surface area contributed by atoms with Crippen LogP contribution in [0.3, 0.4) is 0 Å². The number of aliphatic carboxylic acids is 1. The molecular weight excluding hydrogens is 460 g/mol. The van der Waals surface area contributed by atoms with Gasteiger partial charge in [0.05, 0.1) is 12.8 Å². The number of amides is 4. The third-order valence-electron chi connectivity index (χ3n) is 4.04. The number of methoxy groups -OCH3 is 1. The van der Waals surface area contributed by atoms with Gasteiger partial charge in [0, 0.05) is 4.47 Å². The molecule has 1 fully saturated rings. The number of halogens is 1. The molecule has 0 aromatic heterocycles. The first kappa shape index (κ1) is 21.1. The molecule has 1 aliphatic rings. The van der Waals surface area contributed by atoms with Crippen LogP contribution in [-0.4, -0.2) is 42.6 Å². The number of nitrogens with one attached hydrogen (secondary N) is 1. The summed E-state index contributed by atoms with van der Waals surface area (Å²) in [4.78, 5) is 48.9. The van der Waals surface area contributed by atoms with Crippen LogP contribution in [0.25, 0.3) is 6.08 Å². The number of carbonyl (C=O) groups is 4. The van der Waals surface area contributed by atoms with E-state index < -0.39 is 30.4 Å². The quantitative estimate of drug-likeness (QED) is 0.487. The van der Waals surface area contributed by atoms with Gasteiger partial charge in [0.25, 0.3) is 11.8 Å². The molecule has 1 saturated heterocycles. The summed E-state index contributed by atoms with van der Waals surface area (Å²) in [6, 6.07) is 10.1. The number of carboxylic acids is 1. The fourth-order valence-corrected chi connectivity index (χ4v) is 2.95. The van der Waals surface area contributed by atoms with Gasteiger partial charge in [-0.3, -0.25) is 14.9 Å². The molecule has 0 saturated carbocycles. The van der Waals surface area contributed by atoms with Crippen LogP contribution in [0.2, 0.25) is 0 Å². The molecule has 0 bridgehead atoms. The molecular formula is C20H15BrN2O7. The molecule has 0 unspecified atom stereocenters. The Labute approximate surface area is 179 Å². The summed E-state index contributed by atoms with van der Waals surface area (Å²) in [5.74, 6) is -2.35. The van der Waals surface area contributed by atoms with Crippen LogP contribution in [-0.2, 0) is 14.4 Å². The highest BCUT2D eigenvalue weighted by atomic mass is 79.9. The van der Waals surface area contributed by atoms with Crippen LogP contribution < -0.4 is 19.7 Å². The molecule has 9 nitrogen and oxygen atoms in total. The number of hydrogen-bond donors (Lipinski definition) is 2. The number of nitrogens with zero attached hydrogens (tertiary/aromatic N) is 1. The van der Waals surface area contributed by atoms with E-state index in [1.807, 2.05) is 0 Å². The van der Waals surface area contributed by atoms with Gasteiger partial charge >= 0.3 is 12.0 Å². The normalized spacial score (nSPS) is 15.2. The molecule has 0 aliphatic carbocycles. The third kappa shape index (κ3) is 4.49. The van der Waals surface area contributed by atoms with E-state index in [1.165, 1.54) is 31.4 Å². The molecule has 4 amide bonds. The zero-order valence-electron chi connectivity index (χ0n) is 15.5. The van der Waals surface area contributed by atoms with Gasteiger partial charge in [-0.25, -0.2) is 14.5 Å². The Hall–Kier alpha value is -3.66. The van der Waals surface area contributed by atoms with Crippen molar-refractivity contribution >= 4 is 51.5 Å². The summed E-state index contributed by atoms with van der Waals surface area (Å²) in [6.07, 6.45) is 1.31. The number of benzene rings is 2. The van der Waals surface area contributed by atoms with E-state index in [4.69, 9.17) is 14.6 Å². The predicted octanol–water partition coefficient (Wildman–Crippen LogP) is 2.59. The first-order valence-electron chi connectivity index (χ1n) is 8.50. The smallest absolute Gasteiger partial charge is 0.341 e. The topological polar surface area (TPSA) is 122 Å². The van der Waals surface area contributed by atoms with Crippen LogP contribution in [0, 0.1) is 0 Å². The lowest BCUT2D eigenvalue weighted by Crippen LogP contribution is -2.54. The van der Waals surface area contributed by atoms with Crippen LogP contribution in [0.4, 0.5) is 10.5 Å². The van der Waals surface area contributed by atoms with E-state index >= 15 is 0 Å². The number of anilines is 1. The molecule has 0 atom stereocenters. The molecule has 2 aromatic rings. The van der Waals surface area contributed by atoms with Crippen LogP contribution in [0.15, 0.2) is 52.5 Å². The fourth-order valence-electron chi connectivity index (χ4n) is 2.68. The summed E-state index contributed by atoms with van der Waals surface area (Å²) in [5.41, 5.74) is 0.464. The molecule has 154 valence electrons. The molecule has 1 heterocycles. The molecule has 1 aliphatic heterocycles. The number of ether oxygens (including phenoxy) is 2. The highest BCUT2D eigenvalue weighted by molar-refractivity contribution is 9.10. The summed E-state index contributed by atoms with van der Waals surface area (Å²) in [6.45, 7) is -0.554. The lowest BCUT2D eigenvalue weighted by Gasteiger charge is -2.26. The number of carboxylic acid groups (broad SMARTS) is 1. The van der Waals surface area contributed by atoms with Gasteiger partial charge in [-0.15, -0.1) is 0 Å². The monoisotopic (exact) mass is 474 g/mol. The zero-order valence-corrected chi connectivity index (χ0v) is 17.1. The number of imide groups is 2. The standard InChI is InChI=1S/C20H15BrN2O7/c1-29-16-9-11(2-7-15(16)30-10-17(24)25)8-14-18(26)22-20(28)23(19(14)27)13-5-3-12(21)4-6-13/h2-9H,10H2,1H3,(H,24,25)(H,22,26,28)/b14-8+. The Balaban J connectivity index is 1.94. The molecule has 10 heteroatoms. The highest BCUT2D eigenvalue weighted by Gasteiger charge is 2.36. The SMILES string of the molecule is COc1cc(/C=C2\C(=O)NC(=O)N(c3ccc(Br)cc3)C2=O)ccc1OCC(=O)O. The van der Waals surface area contributed by atoms with Crippen molar-refractivity contribution in [2.75, 3.05) is 18.6 Å². The average molecular weight is 475 g/mol. The average Bonchev–Trinajstić information content (AvgIpc) is 2.71. The second-order valence-corrected chi connectivity index (χ2v) is 6.94. The Morgan fingerprint density at radius 1 is 1.13 bits per heavy atom. The molecule has 0 spiro atoms.